The molecule has 9 heteroatoms. The molecule has 2 fully saturated rings. The van der Waals surface area contributed by atoms with Crippen molar-refractivity contribution in [2.75, 3.05) is 32.1 Å². The van der Waals surface area contributed by atoms with E-state index in [1.165, 1.54) is 24.0 Å². The maximum absolute atomic E-state index is 13.9. The van der Waals surface area contributed by atoms with Gasteiger partial charge in [-0.3, -0.25) is 14.6 Å². The van der Waals surface area contributed by atoms with Gasteiger partial charge in [-0.05, 0) is 42.7 Å². The Labute approximate surface area is 249 Å². The number of esters is 1. The highest BCUT2D eigenvalue weighted by atomic mass is 32.1. The summed E-state index contributed by atoms with van der Waals surface area (Å²) in [6.45, 7) is 2.36. The van der Waals surface area contributed by atoms with E-state index in [4.69, 9.17) is 4.74 Å². The van der Waals surface area contributed by atoms with Gasteiger partial charge in [-0.25, -0.2) is 4.79 Å². The van der Waals surface area contributed by atoms with Gasteiger partial charge in [0.25, 0.3) is 11.8 Å². The first-order valence-corrected chi connectivity index (χ1v) is 15.3. The number of likely N-dealkylation sites (tertiary alicyclic amines) is 2. The van der Waals surface area contributed by atoms with Gasteiger partial charge in [0.1, 0.15) is 6.04 Å². The Kier molecular flexibility index (Phi) is 8.19. The summed E-state index contributed by atoms with van der Waals surface area (Å²) in [6, 6.07) is 19.9. The van der Waals surface area contributed by atoms with E-state index in [0.717, 1.165) is 29.5 Å². The molecule has 1 unspecified atom stereocenters. The number of fused-ring (bicyclic) bond motifs is 1. The van der Waals surface area contributed by atoms with Crippen LogP contribution in [0.15, 0.2) is 72.2 Å². The van der Waals surface area contributed by atoms with Crippen LogP contribution in [0.2, 0.25) is 0 Å². The number of amides is 2. The molecule has 8 nitrogen and oxygen atoms in total. The number of anilines is 1. The van der Waals surface area contributed by atoms with Crippen molar-refractivity contribution in [1.82, 2.24) is 14.8 Å². The lowest BCUT2D eigenvalue weighted by molar-refractivity contribution is -0.145. The molecule has 0 radical (unpaired) electrons. The quantitative estimate of drug-likeness (QED) is 0.281. The molecule has 0 saturated carbocycles. The molecule has 4 heterocycles. The Bertz CT molecular complexity index is 1580. The number of carbonyl (C=O) groups excluding carboxylic acids is 3. The number of benzene rings is 2. The van der Waals surface area contributed by atoms with E-state index >= 15 is 0 Å². The average molecular weight is 583 g/mol. The first-order valence-electron chi connectivity index (χ1n) is 14.5. The Morgan fingerprint density at radius 1 is 0.929 bits per heavy atom. The van der Waals surface area contributed by atoms with Crippen molar-refractivity contribution in [2.45, 2.75) is 44.2 Å². The molecular formula is C33H34N4O4S. The van der Waals surface area contributed by atoms with E-state index < -0.39 is 12.0 Å². The van der Waals surface area contributed by atoms with Crippen LogP contribution in [-0.4, -0.2) is 65.4 Å². The van der Waals surface area contributed by atoms with Gasteiger partial charge in [0, 0.05) is 37.8 Å². The zero-order valence-electron chi connectivity index (χ0n) is 23.6. The molecule has 216 valence electrons. The van der Waals surface area contributed by atoms with Gasteiger partial charge in [0.2, 0.25) is 0 Å². The Morgan fingerprint density at radius 2 is 1.64 bits per heavy atom. The van der Waals surface area contributed by atoms with Crippen molar-refractivity contribution in [3.05, 3.63) is 94.5 Å². The molecule has 0 aliphatic carbocycles. The van der Waals surface area contributed by atoms with Gasteiger partial charge >= 0.3 is 5.97 Å². The summed E-state index contributed by atoms with van der Waals surface area (Å²) < 4.78 is 5.70. The van der Waals surface area contributed by atoms with Crippen LogP contribution >= 0.6 is 11.3 Å². The van der Waals surface area contributed by atoms with Gasteiger partial charge in [-0.2, -0.15) is 0 Å². The Morgan fingerprint density at radius 3 is 2.36 bits per heavy atom. The summed E-state index contributed by atoms with van der Waals surface area (Å²) in [5, 5.41) is 5.30. The molecule has 2 saturated heterocycles. The fourth-order valence-corrected chi connectivity index (χ4v) is 7.13. The zero-order chi connectivity index (χ0) is 29.1. The van der Waals surface area contributed by atoms with Gasteiger partial charge in [-0.15, -0.1) is 11.3 Å². The van der Waals surface area contributed by atoms with Crippen LogP contribution in [0.1, 0.15) is 63.4 Å². The third-order valence-corrected chi connectivity index (χ3v) is 9.38. The van der Waals surface area contributed by atoms with E-state index in [1.54, 1.807) is 16.5 Å². The van der Waals surface area contributed by atoms with E-state index in [9.17, 15) is 14.4 Å². The second-order valence-corrected chi connectivity index (χ2v) is 11.7. The molecule has 2 aliphatic heterocycles. The number of thiophene rings is 1. The second kappa shape index (κ2) is 12.3. The fourth-order valence-electron chi connectivity index (χ4n) is 6.11. The van der Waals surface area contributed by atoms with Crippen LogP contribution in [-0.2, 0) is 16.1 Å². The van der Waals surface area contributed by atoms with Crippen molar-refractivity contribution < 1.29 is 19.1 Å². The monoisotopic (exact) mass is 582 g/mol. The molecule has 1 N–H and O–H groups in total. The normalized spacial score (nSPS) is 17.4. The summed E-state index contributed by atoms with van der Waals surface area (Å²) in [5.74, 6) is -0.255. The SMILES string of the molecule is COC(=O)C1CCCN1C(=O)c1csc2c(NCc3ccccc3)c(C(=O)N3CCC(c4ccccc4)CC3)cnc12. The molecular weight excluding hydrogens is 548 g/mol. The molecule has 2 amide bonds. The van der Waals surface area contributed by atoms with Crippen molar-refractivity contribution >= 4 is 45.0 Å². The van der Waals surface area contributed by atoms with Crippen LogP contribution in [0.4, 0.5) is 5.69 Å². The maximum atomic E-state index is 13.9. The van der Waals surface area contributed by atoms with E-state index in [1.807, 2.05) is 41.3 Å². The number of ether oxygens (including phenoxy) is 1. The average Bonchev–Trinajstić information content (AvgIpc) is 3.72. The lowest BCUT2D eigenvalue weighted by Crippen LogP contribution is -2.41. The third-order valence-electron chi connectivity index (χ3n) is 8.40. The van der Waals surface area contributed by atoms with Crippen LogP contribution in [0.25, 0.3) is 10.2 Å². The first kappa shape index (κ1) is 27.9. The number of pyridine rings is 1. The largest absolute Gasteiger partial charge is 0.467 e. The predicted molar refractivity (Wildman–Crippen MR) is 164 cm³/mol. The second-order valence-electron chi connectivity index (χ2n) is 10.9. The lowest BCUT2D eigenvalue weighted by Gasteiger charge is -2.32. The topological polar surface area (TPSA) is 91.8 Å². The van der Waals surface area contributed by atoms with Gasteiger partial charge in [-0.1, -0.05) is 60.7 Å². The van der Waals surface area contributed by atoms with Gasteiger partial charge in [0.05, 0.1) is 34.1 Å². The molecule has 2 aromatic heterocycles. The molecule has 4 aromatic rings. The molecule has 2 aliphatic rings. The van der Waals surface area contributed by atoms with Crippen LogP contribution in [0.5, 0.6) is 0 Å². The van der Waals surface area contributed by atoms with Crippen molar-refractivity contribution in [3.8, 4) is 0 Å². The van der Waals surface area contributed by atoms with Crippen molar-refractivity contribution in [2.24, 2.45) is 0 Å². The number of hydrogen-bond acceptors (Lipinski definition) is 7. The minimum Gasteiger partial charge on any atom is -0.467 e. The highest BCUT2D eigenvalue weighted by Crippen LogP contribution is 2.37. The molecule has 1 atom stereocenters. The number of aromatic nitrogens is 1. The van der Waals surface area contributed by atoms with E-state index in [0.29, 0.717) is 60.8 Å². The molecule has 2 aromatic carbocycles. The minimum atomic E-state index is -0.590. The molecule has 6 rings (SSSR count). The van der Waals surface area contributed by atoms with Crippen LogP contribution in [0, 0.1) is 0 Å². The zero-order valence-corrected chi connectivity index (χ0v) is 24.4. The predicted octanol–water partition coefficient (Wildman–Crippen LogP) is 5.71. The first-order chi connectivity index (χ1) is 20.5. The summed E-state index contributed by atoms with van der Waals surface area (Å²) in [7, 11) is 1.35. The number of rotatable bonds is 7. The number of piperidine rings is 1. The van der Waals surface area contributed by atoms with Gasteiger partial charge < -0.3 is 19.9 Å². The number of nitrogens with zero attached hydrogens (tertiary/aromatic N) is 3. The van der Waals surface area contributed by atoms with E-state index in [-0.39, 0.29) is 11.8 Å². The van der Waals surface area contributed by atoms with Crippen LogP contribution in [0.3, 0.4) is 0 Å². The van der Waals surface area contributed by atoms with Crippen LogP contribution < -0.4 is 5.32 Å². The smallest absolute Gasteiger partial charge is 0.328 e. The molecule has 0 bridgehead atoms. The number of carbonyl (C=O) groups is 3. The highest BCUT2D eigenvalue weighted by molar-refractivity contribution is 7.18. The molecule has 42 heavy (non-hydrogen) atoms. The standard InChI is InChI=1S/C33H34N4O4S/c1-41-33(40)27-13-8-16-37(27)32(39)26-21-42-30-28(34-19-22-9-4-2-5-10-22)25(20-35-29(26)30)31(38)36-17-14-24(15-18-36)23-11-6-3-7-12-23/h2-7,9-12,20-21,24,27H,8,13-19H2,1H3,(H,34,35). The summed E-state index contributed by atoms with van der Waals surface area (Å²) >= 11 is 1.39. The Hall–Kier alpha value is -4.24. The number of methoxy groups -OCH3 is 1. The number of nitrogens with one attached hydrogen (secondary N) is 1. The third kappa shape index (κ3) is 5.48. The van der Waals surface area contributed by atoms with Crippen molar-refractivity contribution in [1.29, 1.82) is 0 Å². The molecule has 0 spiro atoms. The summed E-state index contributed by atoms with van der Waals surface area (Å²) in [5.41, 5.74) is 4.57. The minimum absolute atomic E-state index is 0.0574. The van der Waals surface area contributed by atoms with Crippen molar-refractivity contribution in [3.63, 3.8) is 0 Å². The fraction of sp³-hybridized carbons (Fsp3) is 0.333. The maximum Gasteiger partial charge on any atom is 0.328 e. The Balaban J connectivity index is 1.30. The summed E-state index contributed by atoms with van der Waals surface area (Å²) in [6.07, 6.45) is 4.74. The van der Waals surface area contributed by atoms with Gasteiger partial charge in [0.15, 0.2) is 0 Å². The number of hydrogen-bond donors (Lipinski definition) is 1. The summed E-state index contributed by atoms with van der Waals surface area (Å²) in [4.78, 5) is 48.1. The van der Waals surface area contributed by atoms with E-state index in [2.05, 4.69) is 34.6 Å². The highest BCUT2D eigenvalue weighted by Gasteiger charge is 2.37. The lowest BCUT2D eigenvalue weighted by atomic mass is 9.89.